The molecule has 1 atom stereocenters. The highest BCUT2D eigenvalue weighted by molar-refractivity contribution is 9.10. The van der Waals surface area contributed by atoms with E-state index in [4.69, 9.17) is 0 Å². The maximum absolute atomic E-state index is 3.73. The van der Waals surface area contributed by atoms with Crippen LogP contribution in [0.2, 0.25) is 0 Å². The van der Waals surface area contributed by atoms with E-state index < -0.39 is 0 Å². The lowest BCUT2D eigenvalue weighted by atomic mass is 10.1. The van der Waals surface area contributed by atoms with Gasteiger partial charge in [-0.2, -0.15) is 0 Å². The molecule has 100 valence electrons. The van der Waals surface area contributed by atoms with E-state index in [1.807, 2.05) is 0 Å². The molecule has 18 heavy (non-hydrogen) atoms. The Balaban J connectivity index is 2.09. The third kappa shape index (κ3) is 3.48. The Labute approximate surface area is 119 Å². The lowest BCUT2D eigenvalue weighted by molar-refractivity contribution is 0.348. The summed E-state index contributed by atoms with van der Waals surface area (Å²) in [5.41, 5.74) is 3.92. The molecule has 1 aromatic carbocycles. The molecule has 0 saturated carbocycles. The van der Waals surface area contributed by atoms with E-state index in [9.17, 15) is 0 Å². The minimum absolute atomic E-state index is 0.604. The minimum atomic E-state index is 0.604. The van der Waals surface area contributed by atoms with Crippen molar-refractivity contribution in [2.24, 2.45) is 0 Å². The second-order valence-corrected chi connectivity index (χ2v) is 6.37. The van der Waals surface area contributed by atoms with Crippen LogP contribution in [0.25, 0.3) is 0 Å². The molecule has 0 bridgehead atoms. The first-order valence-corrected chi connectivity index (χ1v) is 7.57. The van der Waals surface area contributed by atoms with Crippen LogP contribution in [0.5, 0.6) is 0 Å². The van der Waals surface area contributed by atoms with Crippen LogP contribution in [0, 0.1) is 13.8 Å². The highest BCUT2D eigenvalue weighted by atomic mass is 79.9. The zero-order valence-corrected chi connectivity index (χ0v) is 13.2. The summed E-state index contributed by atoms with van der Waals surface area (Å²) in [6.07, 6.45) is 3.79. The summed E-state index contributed by atoms with van der Waals surface area (Å²) >= 11 is 3.68. The van der Waals surface area contributed by atoms with Crippen LogP contribution in [-0.4, -0.2) is 31.1 Å². The lowest BCUT2D eigenvalue weighted by Gasteiger charge is -2.21. The zero-order chi connectivity index (χ0) is 13.1. The molecule has 0 radical (unpaired) electrons. The molecule has 1 aliphatic heterocycles. The van der Waals surface area contributed by atoms with Crippen molar-refractivity contribution in [1.82, 2.24) is 4.90 Å². The third-order valence-corrected chi connectivity index (χ3v) is 4.36. The van der Waals surface area contributed by atoms with E-state index in [1.165, 1.54) is 53.6 Å². The number of halogens is 1. The molecule has 1 fully saturated rings. The van der Waals surface area contributed by atoms with Crippen LogP contribution in [-0.2, 0) is 0 Å². The Morgan fingerprint density at radius 2 is 2.00 bits per heavy atom. The van der Waals surface area contributed by atoms with Gasteiger partial charge in [0.15, 0.2) is 0 Å². The van der Waals surface area contributed by atoms with Gasteiger partial charge in [0, 0.05) is 10.5 Å². The highest BCUT2D eigenvalue weighted by Gasteiger charge is 2.16. The molecular formula is C15H23BrN2. The van der Waals surface area contributed by atoms with E-state index >= 15 is 0 Å². The van der Waals surface area contributed by atoms with E-state index in [-0.39, 0.29) is 0 Å². The summed E-state index contributed by atoms with van der Waals surface area (Å²) in [5, 5.41) is 3.73. The molecule has 1 aliphatic rings. The normalized spacial score (nSPS) is 21.7. The van der Waals surface area contributed by atoms with E-state index in [1.54, 1.807) is 0 Å². The van der Waals surface area contributed by atoms with E-state index in [0.29, 0.717) is 6.04 Å². The summed E-state index contributed by atoms with van der Waals surface area (Å²) in [7, 11) is 2.22. The van der Waals surface area contributed by atoms with Crippen molar-refractivity contribution in [3.63, 3.8) is 0 Å². The van der Waals surface area contributed by atoms with Gasteiger partial charge in [0.1, 0.15) is 0 Å². The molecule has 1 aromatic rings. The molecule has 0 spiro atoms. The standard InChI is InChI=1S/C15H23BrN2/c1-11-9-12(2)15(14(16)10-11)17-13-5-4-7-18(3)8-6-13/h9-10,13,17H,4-8H2,1-3H3. The van der Waals surface area contributed by atoms with Crippen LogP contribution in [0.15, 0.2) is 16.6 Å². The van der Waals surface area contributed by atoms with Crippen LogP contribution in [0.1, 0.15) is 30.4 Å². The Morgan fingerprint density at radius 1 is 1.22 bits per heavy atom. The molecule has 0 aromatic heterocycles. The van der Waals surface area contributed by atoms with Crippen LogP contribution >= 0.6 is 15.9 Å². The second-order valence-electron chi connectivity index (χ2n) is 5.51. The van der Waals surface area contributed by atoms with Crippen molar-refractivity contribution in [2.75, 3.05) is 25.5 Å². The first-order chi connectivity index (χ1) is 8.56. The van der Waals surface area contributed by atoms with Gasteiger partial charge < -0.3 is 10.2 Å². The van der Waals surface area contributed by atoms with Gasteiger partial charge in [0.2, 0.25) is 0 Å². The SMILES string of the molecule is Cc1cc(C)c(NC2CCCN(C)CC2)c(Br)c1. The molecule has 0 amide bonds. The summed E-state index contributed by atoms with van der Waals surface area (Å²) in [4.78, 5) is 2.43. The predicted molar refractivity (Wildman–Crippen MR) is 82.4 cm³/mol. The predicted octanol–water partition coefficient (Wildman–Crippen LogP) is 3.96. The number of hydrogen-bond donors (Lipinski definition) is 1. The molecule has 1 N–H and O–H groups in total. The van der Waals surface area contributed by atoms with Crippen LogP contribution in [0.4, 0.5) is 5.69 Å². The van der Waals surface area contributed by atoms with Gasteiger partial charge in [0.05, 0.1) is 5.69 Å². The molecule has 1 heterocycles. The van der Waals surface area contributed by atoms with Gasteiger partial charge in [-0.25, -0.2) is 0 Å². The summed E-state index contributed by atoms with van der Waals surface area (Å²) in [5.74, 6) is 0. The lowest BCUT2D eigenvalue weighted by Crippen LogP contribution is -2.23. The number of nitrogens with one attached hydrogen (secondary N) is 1. The number of nitrogens with zero attached hydrogens (tertiary/aromatic N) is 1. The fraction of sp³-hybridized carbons (Fsp3) is 0.600. The fourth-order valence-corrected chi connectivity index (χ4v) is 3.48. The first kappa shape index (κ1) is 13.9. The summed E-state index contributed by atoms with van der Waals surface area (Å²) in [6, 6.07) is 5.04. The van der Waals surface area contributed by atoms with Crippen LogP contribution < -0.4 is 5.32 Å². The number of aryl methyl sites for hydroxylation is 2. The number of hydrogen-bond acceptors (Lipinski definition) is 2. The average molecular weight is 311 g/mol. The Bertz CT molecular complexity index is 394. The molecule has 0 aliphatic carbocycles. The number of anilines is 1. The van der Waals surface area contributed by atoms with Gasteiger partial charge in [-0.3, -0.25) is 0 Å². The maximum atomic E-state index is 3.73. The van der Waals surface area contributed by atoms with Crippen molar-refractivity contribution >= 4 is 21.6 Å². The zero-order valence-electron chi connectivity index (χ0n) is 11.6. The van der Waals surface area contributed by atoms with Crippen molar-refractivity contribution in [2.45, 2.75) is 39.2 Å². The average Bonchev–Trinajstić information content (AvgIpc) is 2.48. The first-order valence-electron chi connectivity index (χ1n) is 6.78. The molecule has 2 nitrogen and oxygen atoms in total. The third-order valence-electron chi connectivity index (χ3n) is 3.73. The van der Waals surface area contributed by atoms with E-state index in [0.717, 1.165) is 0 Å². The largest absolute Gasteiger partial charge is 0.381 e. The second kappa shape index (κ2) is 6.07. The van der Waals surface area contributed by atoms with Crippen molar-refractivity contribution in [3.8, 4) is 0 Å². The fourth-order valence-electron chi connectivity index (χ4n) is 2.69. The van der Waals surface area contributed by atoms with Gasteiger partial charge in [-0.15, -0.1) is 0 Å². The van der Waals surface area contributed by atoms with Crippen molar-refractivity contribution in [1.29, 1.82) is 0 Å². The molecule has 1 saturated heterocycles. The maximum Gasteiger partial charge on any atom is 0.0516 e. The van der Waals surface area contributed by atoms with Crippen molar-refractivity contribution in [3.05, 3.63) is 27.7 Å². The molecular weight excluding hydrogens is 288 g/mol. The van der Waals surface area contributed by atoms with Crippen LogP contribution in [0.3, 0.4) is 0 Å². The van der Waals surface area contributed by atoms with Crippen molar-refractivity contribution < 1.29 is 0 Å². The summed E-state index contributed by atoms with van der Waals surface area (Å²) < 4.78 is 1.19. The quantitative estimate of drug-likeness (QED) is 0.889. The molecule has 1 unspecified atom stereocenters. The van der Waals surface area contributed by atoms with Gasteiger partial charge >= 0.3 is 0 Å². The minimum Gasteiger partial charge on any atom is -0.381 e. The molecule has 2 rings (SSSR count). The Morgan fingerprint density at radius 3 is 2.72 bits per heavy atom. The molecule has 3 heteroatoms. The monoisotopic (exact) mass is 310 g/mol. The van der Waals surface area contributed by atoms with Gasteiger partial charge in [-0.05, 0) is 86.4 Å². The Kier molecular flexibility index (Phi) is 4.68. The number of benzene rings is 1. The summed E-state index contributed by atoms with van der Waals surface area (Å²) in [6.45, 7) is 6.75. The number of rotatable bonds is 2. The Hall–Kier alpha value is -0.540. The smallest absolute Gasteiger partial charge is 0.0516 e. The topological polar surface area (TPSA) is 15.3 Å². The highest BCUT2D eigenvalue weighted by Crippen LogP contribution is 2.29. The number of likely N-dealkylation sites (tertiary alicyclic amines) is 1. The van der Waals surface area contributed by atoms with Gasteiger partial charge in [0.25, 0.3) is 0 Å². The van der Waals surface area contributed by atoms with Gasteiger partial charge in [-0.1, -0.05) is 6.07 Å². The van der Waals surface area contributed by atoms with E-state index in [2.05, 4.69) is 59.2 Å².